The van der Waals surface area contributed by atoms with Crippen molar-refractivity contribution in [2.24, 2.45) is 0 Å². The summed E-state index contributed by atoms with van der Waals surface area (Å²) >= 11 is 3.42. The molecule has 2 aromatic carbocycles. The molecule has 1 amide bonds. The van der Waals surface area contributed by atoms with Gasteiger partial charge in [0.25, 0.3) is 5.91 Å². The molecule has 1 N–H and O–H groups in total. The monoisotopic (exact) mass is 345 g/mol. The molecule has 3 nitrogen and oxygen atoms in total. The van der Waals surface area contributed by atoms with Gasteiger partial charge in [-0.05, 0) is 52.5 Å². The van der Waals surface area contributed by atoms with E-state index in [0.29, 0.717) is 24.0 Å². The predicted octanol–water partition coefficient (Wildman–Crippen LogP) is 3.92. The molecule has 0 bridgehead atoms. The first kappa shape index (κ1) is 14.1. The van der Waals surface area contributed by atoms with Gasteiger partial charge < -0.3 is 10.1 Å². The van der Waals surface area contributed by atoms with Crippen LogP contribution in [0.5, 0.6) is 5.75 Å². The zero-order valence-electron chi connectivity index (χ0n) is 11.5. The Morgan fingerprint density at radius 1 is 1.19 bits per heavy atom. The molecule has 0 atom stereocenters. The number of amides is 1. The Hall–Kier alpha value is -1.81. The highest BCUT2D eigenvalue weighted by atomic mass is 79.9. The Balaban J connectivity index is 1.69. The summed E-state index contributed by atoms with van der Waals surface area (Å²) < 4.78 is 6.54. The van der Waals surface area contributed by atoms with Gasteiger partial charge in [-0.25, -0.2) is 0 Å². The van der Waals surface area contributed by atoms with E-state index in [1.54, 1.807) is 6.07 Å². The second kappa shape index (κ2) is 6.31. The Kier molecular flexibility index (Phi) is 4.25. The van der Waals surface area contributed by atoms with Gasteiger partial charge in [0.15, 0.2) is 0 Å². The summed E-state index contributed by atoms with van der Waals surface area (Å²) in [5.74, 6) is 0.650. The van der Waals surface area contributed by atoms with Gasteiger partial charge >= 0.3 is 0 Å². The summed E-state index contributed by atoms with van der Waals surface area (Å²) in [4.78, 5) is 12.1. The van der Waals surface area contributed by atoms with Crippen molar-refractivity contribution < 1.29 is 9.53 Å². The molecule has 1 aliphatic rings. The molecule has 21 heavy (non-hydrogen) atoms. The number of ether oxygens (including phenoxy) is 1. The molecule has 0 radical (unpaired) electrons. The van der Waals surface area contributed by atoms with Crippen LogP contribution in [0.1, 0.15) is 28.8 Å². The third-order valence-corrected chi connectivity index (χ3v) is 4.03. The zero-order chi connectivity index (χ0) is 14.7. The summed E-state index contributed by atoms with van der Waals surface area (Å²) in [7, 11) is 0. The third-order valence-electron chi connectivity index (χ3n) is 3.34. The third kappa shape index (κ3) is 3.85. The maximum atomic E-state index is 12.1. The van der Waals surface area contributed by atoms with Gasteiger partial charge in [-0.2, -0.15) is 0 Å². The maximum absolute atomic E-state index is 12.1. The van der Waals surface area contributed by atoms with Crippen LogP contribution in [0.15, 0.2) is 53.0 Å². The van der Waals surface area contributed by atoms with Gasteiger partial charge in [0.2, 0.25) is 0 Å². The van der Waals surface area contributed by atoms with E-state index in [1.165, 1.54) is 0 Å². The summed E-state index contributed by atoms with van der Waals surface area (Å²) in [6, 6.07) is 15.8. The number of rotatable bonds is 5. The average Bonchev–Trinajstić information content (AvgIpc) is 3.31. The fourth-order valence-corrected chi connectivity index (χ4v) is 2.43. The van der Waals surface area contributed by atoms with Gasteiger partial charge in [0, 0.05) is 10.5 Å². The number of carbonyl (C=O) groups is 1. The van der Waals surface area contributed by atoms with Crippen LogP contribution in [0, 0.1) is 0 Å². The number of hydrogen-bond donors (Lipinski definition) is 1. The normalized spacial score (nSPS) is 13.8. The fraction of sp³-hybridized carbons (Fsp3) is 0.235. The van der Waals surface area contributed by atoms with Gasteiger partial charge in [-0.15, -0.1) is 0 Å². The Morgan fingerprint density at radius 3 is 2.67 bits per heavy atom. The molecule has 2 aromatic rings. The smallest absolute Gasteiger partial charge is 0.252 e. The molecular formula is C17H16BrNO2. The molecule has 1 saturated carbocycles. The minimum absolute atomic E-state index is 0.0467. The van der Waals surface area contributed by atoms with Crippen molar-refractivity contribution in [3.63, 3.8) is 0 Å². The lowest BCUT2D eigenvalue weighted by Crippen LogP contribution is -2.25. The highest BCUT2D eigenvalue weighted by molar-refractivity contribution is 9.10. The van der Waals surface area contributed by atoms with E-state index in [1.807, 2.05) is 42.5 Å². The van der Waals surface area contributed by atoms with Crippen LogP contribution in [0.25, 0.3) is 0 Å². The summed E-state index contributed by atoms with van der Waals surface area (Å²) in [5, 5.41) is 2.99. The van der Waals surface area contributed by atoms with Crippen LogP contribution in [0.3, 0.4) is 0 Å². The Bertz CT molecular complexity index is 638. The Labute approximate surface area is 132 Å². The van der Waals surface area contributed by atoms with Crippen molar-refractivity contribution in [3.8, 4) is 5.75 Å². The lowest BCUT2D eigenvalue weighted by atomic mass is 10.2. The molecule has 4 heteroatoms. The highest BCUT2D eigenvalue weighted by Gasteiger charge is 2.24. The standard InChI is InChI=1S/C17H16BrNO2/c18-16-9-8-14(21-11-12-4-2-1-3-5-12)10-15(16)17(20)19-13-6-7-13/h1-5,8-10,13H,6-7,11H2,(H,19,20). The van der Waals surface area contributed by atoms with Crippen LogP contribution in [0.2, 0.25) is 0 Å². The molecule has 3 rings (SSSR count). The van der Waals surface area contributed by atoms with Crippen molar-refractivity contribution >= 4 is 21.8 Å². The first-order chi connectivity index (χ1) is 10.2. The van der Waals surface area contributed by atoms with Crippen molar-refractivity contribution in [1.29, 1.82) is 0 Å². The van der Waals surface area contributed by atoms with E-state index >= 15 is 0 Å². The van der Waals surface area contributed by atoms with Crippen molar-refractivity contribution in [3.05, 3.63) is 64.1 Å². The molecule has 0 saturated heterocycles. The van der Waals surface area contributed by atoms with Crippen molar-refractivity contribution in [2.75, 3.05) is 0 Å². The number of hydrogen-bond acceptors (Lipinski definition) is 2. The second-order valence-corrected chi connectivity index (χ2v) is 6.02. The van der Waals surface area contributed by atoms with Crippen LogP contribution in [0.4, 0.5) is 0 Å². The SMILES string of the molecule is O=C(NC1CC1)c1cc(OCc2ccccc2)ccc1Br. The van der Waals surface area contributed by atoms with Crippen molar-refractivity contribution in [2.45, 2.75) is 25.5 Å². The van der Waals surface area contributed by atoms with E-state index in [9.17, 15) is 4.79 Å². The molecule has 1 fully saturated rings. The van der Waals surface area contributed by atoms with Gasteiger partial charge in [0.05, 0.1) is 5.56 Å². The first-order valence-electron chi connectivity index (χ1n) is 6.99. The minimum atomic E-state index is -0.0467. The van der Waals surface area contributed by atoms with Gasteiger partial charge in [-0.1, -0.05) is 30.3 Å². The lowest BCUT2D eigenvalue weighted by Gasteiger charge is -2.10. The van der Waals surface area contributed by atoms with Gasteiger partial charge in [-0.3, -0.25) is 4.79 Å². The number of carbonyl (C=O) groups excluding carboxylic acids is 1. The predicted molar refractivity (Wildman–Crippen MR) is 85.4 cm³/mol. The summed E-state index contributed by atoms with van der Waals surface area (Å²) in [6.07, 6.45) is 2.15. The summed E-state index contributed by atoms with van der Waals surface area (Å²) in [6.45, 7) is 0.492. The van der Waals surface area contributed by atoms with Gasteiger partial charge in [0.1, 0.15) is 12.4 Å². The lowest BCUT2D eigenvalue weighted by molar-refractivity contribution is 0.0950. The molecule has 0 aliphatic heterocycles. The van der Waals surface area contributed by atoms with Crippen LogP contribution in [-0.4, -0.2) is 11.9 Å². The minimum Gasteiger partial charge on any atom is -0.489 e. The first-order valence-corrected chi connectivity index (χ1v) is 7.79. The number of benzene rings is 2. The molecule has 0 heterocycles. The largest absolute Gasteiger partial charge is 0.489 e. The average molecular weight is 346 g/mol. The zero-order valence-corrected chi connectivity index (χ0v) is 13.1. The van der Waals surface area contributed by atoms with Crippen molar-refractivity contribution in [1.82, 2.24) is 5.32 Å². The van der Waals surface area contributed by atoms with E-state index in [2.05, 4.69) is 21.2 Å². The highest BCUT2D eigenvalue weighted by Crippen LogP contribution is 2.25. The molecule has 0 spiro atoms. The van der Waals surface area contributed by atoms with E-state index in [-0.39, 0.29) is 5.91 Å². The molecule has 0 unspecified atom stereocenters. The maximum Gasteiger partial charge on any atom is 0.252 e. The van der Waals surface area contributed by atoms with Crippen LogP contribution in [-0.2, 0) is 6.61 Å². The van der Waals surface area contributed by atoms with E-state index in [0.717, 1.165) is 22.9 Å². The topological polar surface area (TPSA) is 38.3 Å². The van der Waals surface area contributed by atoms with E-state index < -0.39 is 0 Å². The number of halogens is 1. The molecule has 108 valence electrons. The quantitative estimate of drug-likeness (QED) is 0.891. The molecule has 1 aliphatic carbocycles. The Morgan fingerprint density at radius 2 is 1.95 bits per heavy atom. The molecular weight excluding hydrogens is 330 g/mol. The number of nitrogens with one attached hydrogen (secondary N) is 1. The second-order valence-electron chi connectivity index (χ2n) is 5.16. The molecule has 0 aromatic heterocycles. The van der Waals surface area contributed by atoms with E-state index in [4.69, 9.17) is 4.74 Å². The summed E-state index contributed by atoms with van der Waals surface area (Å²) in [5.41, 5.74) is 1.72. The van der Waals surface area contributed by atoms with Crippen LogP contribution >= 0.6 is 15.9 Å². The fourth-order valence-electron chi connectivity index (χ4n) is 2.00. The van der Waals surface area contributed by atoms with Crippen LogP contribution < -0.4 is 10.1 Å².